The van der Waals surface area contributed by atoms with Crippen LogP contribution in [0, 0.1) is 5.82 Å². The number of hydrogen-bond donors (Lipinski definition) is 3. The number of anilines is 1. The molecule has 0 radical (unpaired) electrons. The van der Waals surface area contributed by atoms with Crippen LogP contribution in [0.15, 0.2) is 55.0 Å². The van der Waals surface area contributed by atoms with Crippen molar-refractivity contribution in [2.45, 2.75) is 51.8 Å². The lowest BCUT2D eigenvalue weighted by Crippen LogP contribution is -2.40. The molecule has 9 heteroatoms. The maximum atomic E-state index is 14.6. The lowest BCUT2D eigenvalue weighted by atomic mass is 10.00. The van der Waals surface area contributed by atoms with E-state index in [-0.39, 0.29) is 17.3 Å². The van der Waals surface area contributed by atoms with E-state index in [4.69, 9.17) is 11.6 Å². The highest BCUT2D eigenvalue weighted by atomic mass is 35.5. The number of halogens is 2. The monoisotopic (exact) mass is 496 g/mol. The molecule has 3 heterocycles. The number of nitrogens with zero attached hydrogens (tertiary/aromatic N) is 4. The zero-order valence-electron chi connectivity index (χ0n) is 20.3. The van der Waals surface area contributed by atoms with Crippen LogP contribution in [0.2, 0.25) is 5.02 Å². The molecule has 4 rings (SSSR count). The molecular formula is C26H30ClFN6O. The molecule has 0 saturated heterocycles. The Hall–Kier alpha value is -3.07. The van der Waals surface area contributed by atoms with Gasteiger partial charge in [-0.2, -0.15) is 0 Å². The molecule has 0 aliphatic carbocycles. The van der Waals surface area contributed by atoms with E-state index in [1.165, 1.54) is 0 Å². The van der Waals surface area contributed by atoms with Crippen LogP contribution in [0.1, 0.15) is 57.4 Å². The molecule has 184 valence electrons. The molecule has 35 heavy (non-hydrogen) atoms. The standard InChI is InChI=1S/C26H30ClFN6O/c1-5-26(3,4)31-15-22(35)18-10-8-17(9-11-18)16(2)32-25-30-13-20(28)23(33-25)21-14-29-24-19(27)7-6-12-34(21)24/h6-14,16,22,31,35H,5,15H2,1-4H3,(H,30,32,33)/t16-,22+/m0/s1. The van der Waals surface area contributed by atoms with Crippen molar-refractivity contribution in [2.24, 2.45) is 0 Å². The number of pyridine rings is 1. The molecule has 0 saturated carbocycles. The molecule has 0 unspecified atom stereocenters. The summed E-state index contributed by atoms with van der Waals surface area (Å²) in [5.41, 5.74) is 2.94. The second kappa shape index (κ2) is 10.3. The van der Waals surface area contributed by atoms with E-state index in [0.29, 0.717) is 28.9 Å². The number of aliphatic hydroxyl groups excluding tert-OH is 1. The van der Waals surface area contributed by atoms with Crippen LogP contribution in [0.4, 0.5) is 10.3 Å². The molecule has 0 aliphatic heterocycles. The van der Waals surface area contributed by atoms with Crippen LogP contribution >= 0.6 is 11.6 Å². The Bertz CT molecular complexity index is 1310. The summed E-state index contributed by atoms with van der Waals surface area (Å²) >= 11 is 6.20. The number of fused-ring (bicyclic) bond motifs is 1. The molecule has 0 bridgehead atoms. The molecule has 0 fully saturated rings. The Kier molecular flexibility index (Phi) is 7.35. The van der Waals surface area contributed by atoms with Gasteiger partial charge in [0.2, 0.25) is 5.95 Å². The van der Waals surface area contributed by atoms with E-state index >= 15 is 0 Å². The maximum Gasteiger partial charge on any atom is 0.223 e. The lowest BCUT2D eigenvalue weighted by Gasteiger charge is -2.26. The summed E-state index contributed by atoms with van der Waals surface area (Å²) in [4.78, 5) is 12.8. The van der Waals surface area contributed by atoms with Crippen molar-refractivity contribution in [3.05, 3.63) is 77.0 Å². The van der Waals surface area contributed by atoms with Crippen molar-refractivity contribution >= 4 is 23.2 Å². The number of aromatic nitrogens is 4. The highest BCUT2D eigenvalue weighted by Crippen LogP contribution is 2.27. The van der Waals surface area contributed by atoms with Gasteiger partial charge in [0, 0.05) is 18.3 Å². The van der Waals surface area contributed by atoms with Gasteiger partial charge in [0.1, 0.15) is 5.69 Å². The van der Waals surface area contributed by atoms with E-state index in [1.54, 1.807) is 28.9 Å². The number of imidazole rings is 1. The zero-order chi connectivity index (χ0) is 25.2. The second-order valence-corrected chi connectivity index (χ2v) is 9.66. The summed E-state index contributed by atoms with van der Waals surface area (Å²) < 4.78 is 16.3. The van der Waals surface area contributed by atoms with Gasteiger partial charge in [-0.3, -0.25) is 4.40 Å². The normalized spacial score (nSPS) is 13.7. The molecule has 0 spiro atoms. The summed E-state index contributed by atoms with van der Waals surface area (Å²) in [6.07, 6.45) is 4.82. The fraction of sp³-hybridized carbons (Fsp3) is 0.346. The predicted molar refractivity (Wildman–Crippen MR) is 137 cm³/mol. The van der Waals surface area contributed by atoms with E-state index in [2.05, 4.69) is 46.4 Å². The summed E-state index contributed by atoms with van der Waals surface area (Å²) in [7, 11) is 0. The van der Waals surface area contributed by atoms with Crippen LogP contribution in [-0.4, -0.2) is 36.5 Å². The first-order chi connectivity index (χ1) is 16.7. The Morgan fingerprint density at radius 2 is 1.83 bits per heavy atom. The van der Waals surface area contributed by atoms with Crippen LogP contribution in [-0.2, 0) is 0 Å². The van der Waals surface area contributed by atoms with Gasteiger partial charge in [-0.1, -0.05) is 42.8 Å². The fourth-order valence-electron chi connectivity index (χ4n) is 3.67. The van der Waals surface area contributed by atoms with Crippen molar-refractivity contribution < 1.29 is 9.50 Å². The van der Waals surface area contributed by atoms with Crippen LogP contribution in [0.3, 0.4) is 0 Å². The average Bonchev–Trinajstić information content (AvgIpc) is 3.29. The van der Waals surface area contributed by atoms with Gasteiger partial charge >= 0.3 is 0 Å². The number of β-amino-alcohol motifs (C(OH)–C–C–N with tert-alkyl or cyclic N) is 1. The van der Waals surface area contributed by atoms with E-state index in [1.807, 2.05) is 31.2 Å². The third-order valence-electron chi connectivity index (χ3n) is 6.30. The van der Waals surface area contributed by atoms with Gasteiger partial charge in [0.15, 0.2) is 11.5 Å². The van der Waals surface area contributed by atoms with Gasteiger partial charge in [-0.15, -0.1) is 0 Å². The number of rotatable bonds is 9. The Balaban J connectivity index is 1.48. The molecule has 7 nitrogen and oxygen atoms in total. The predicted octanol–water partition coefficient (Wildman–Crippen LogP) is 5.57. The maximum absolute atomic E-state index is 14.6. The van der Waals surface area contributed by atoms with Gasteiger partial charge < -0.3 is 15.7 Å². The van der Waals surface area contributed by atoms with Crippen LogP contribution in [0.25, 0.3) is 17.0 Å². The number of benzene rings is 1. The summed E-state index contributed by atoms with van der Waals surface area (Å²) in [5.74, 6) is -0.260. The van der Waals surface area contributed by atoms with E-state index < -0.39 is 11.9 Å². The number of nitrogens with one attached hydrogen (secondary N) is 2. The van der Waals surface area contributed by atoms with Gasteiger partial charge in [0.05, 0.1) is 35.3 Å². The SMILES string of the molecule is CCC(C)(C)NC[C@@H](O)c1ccc([C@H](C)Nc2ncc(F)c(-c3cnc4c(Cl)cccn34)n2)cc1. The molecule has 0 amide bonds. The van der Waals surface area contributed by atoms with Gasteiger partial charge in [-0.25, -0.2) is 19.3 Å². The zero-order valence-corrected chi connectivity index (χ0v) is 21.0. The average molecular weight is 497 g/mol. The van der Waals surface area contributed by atoms with Crippen molar-refractivity contribution in [3.63, 3.8) is 0 Å². The minimum atomic E-state index is -0.597. The minimum Gasteiger partial charge on any atom is -0.387 e. The molecule has 4 aromatic rings. The number of hydrogen-bond acceptors (Lipinski definition) is 6. The lowest BCUT2D eigenvalue weighted by molar-refractivity contribution is 0.160. The number of aliphatic hydroxyl groups is 1. The van der Waals surface area contributed by atoms with Gasteiger partial charge in [0.25, 0.3) is 0 Å². The third kappa shape index (κ3) is 5.61. The van der Waals surface area contributed by atoms with Crippen molar-refractivity contribution in [3.8, 4) is 11.4 Å². The van der Waals surface area contributed by atoms with Crippen LogP contribution < -0.4 is 10.6 Å². The highest BCUT2D eigenvalue weighted by Gasteiger charge is 2.18. The topological polar surface area (TPSA) is 87.4 Å². The minimum absolute atomic E-state index is 0.0250. The summed E-state index contributed by atoms with van der Waals surface area (Å²) in [5, 5.41) is 17.6. The Morgan fingerprint density at radius 3 is 2.54 bits per heavy atom. The molecule has 3 N–H and O–H groups in total. The van der Waals surface area contributed by atoms with Crippen molar-refractivity contribution in [1.82, 2.24) is 24.7 Å². The molecule has 2 atom stereocenters. The van der Waals surface area contributed by atoms with Gasteiger partial charge in [-0.05, 0) is 50.5 Å². The van der Waals surface area contributed by atoms with E-state index in [0.717, 1.165) is 23.7 Å². The van der Waals surface area contributed by atoms with Crippen molar-refractivity contribution in [2.75, 3.05) is 11.9 Å². The fourth-order valence-corrected chi connectivity index (χ4v) is 3.88. The second-order valence-electron chi connectivity index (χ2n) is 9.25. The molecular weight excluding hydrogens is 467 g/mol. The third-order valence-corrected chi connectivity index (χ3v) is 6.59. The largest absolute Gasteiger partial charge is 0.387 e. The van der Waals surface area contributed by atoms with Crippen molar-refractivity contribution in [1.29, 1.82) is 0 Å². The first kappa shape index (κ1) is 25.0. The first-order valence-electron chi connectivity index (χ1n) is 11.6. The smallest absolute Gasteiger partial charge is 0.223 e. The van der Waals surface area contributed by atoms with E-state index in [9.17, 15) is 9.50 Å². The highest BCUT2D eigenvalue weighted by molar-refractivity contribution is 6.33. The Morgan fingerprint density at radius 1 is 1.11 bits per heavy atom. The van der Waals surface area contributed by atoms with Crippen LogP contribution in [0.5, 0.6) is 0 Å². The summed E-state index contributed by atoms with van der Waals surface area (Å²) in [6, 6.07) is 11.1. The Labute approximate surface area is 209 Å². The molecule has 1 aromatic carbocycles. The molecule has 0 aliphatic rings. The molecule has 3 aromatic heterocycles. The first-order valence-corrected chi connectivity index (χ1v) is 12.0. The summed E-state index contributed by atoms with van der Waals surface area (Å²) in [6.45, 7) is 8.79. The quantitative estimate of drug-likeness (QED) is 0.281.